The maximum absolute atomic E-state index is 12.9. The van der Waals surface area contributed by atoms with E-state index in [0.29, 0.717) is 43.1 Å². The van der Waals surface area contributed by atoms with Crippen molar-refractivity contribution in [1.29, 1.82) is 5.26 Å². The average Bonchev–Trinajstić information content (AvgIpc) is 3.02. The maximum Gasteiger partial charge on any atom is 0.226 e. The third kappa shape index (κ3) is 4.61. The summed E-state index contributed by atoms with van der Waals surface area (Å²) in [5, 5.41) is 12.5. The molecule has 0 saturated carbocycles. The quantitative estimate of drug-likeness (QED) is 0.733. The van der Waals surface area contributed by atoms with Crippen LogP contribution in [0, 0.1) is 17.1 Å². The molecular weight excluding hydrogens is 299 g/mol. The van der Waals surface area contributed by atoms with Gasteiger partial charge in [0.1, 0.15) is 12.4 Å². The molecule has 1 heterocycles. The molecule has 1 aromatic carbocycles. The normalized spacial score (nSPS) is 10.3. The predicted molar refractivity (Wildman–Crippen MR) is 80.5 cm³/mol. The number of carbonyl (C=O) groups is 1. The Morgan fingerprint density at radius 3 is 2.78 bits per heavy atom. The average molecular weight is 316 g/mol. The summed E-state index contributed by atoms with van der Waals surface area (Å²) in [6.07, 6.45) is 1.36. The smallest absolute Gasteiger partial charge is 0.226 e. The van der Waals surface area contributed by atoms with Crippen molar-refractivity contribution < 1.29 is 13.7 Å². The SMILES string of the molecule is CCN(CC#N)C(=O)CCCc1nc(-c2ccc(F)cc2)no1. The van der Waals surface area contributed by atoms with Crippen molar-refractivity contribution in [3.63, 3.8) is 0 Å². The molecule has 0 aliphatic rings. The molecule has 0 radical (unpaired) electrons. The molecular formula is C16H17FN4O2. The van der Waals surface area contributed by atoms with Crippen molar-refractivity contribution in [2.45, 2.75) is 26.2 Å². The highest BCUT2D eigenvalue weighted by Crippen LogP contribution is 2.17. The number of hydrogen-bond acceptors (Lipinski definition) is 5. The lowest BCUT2D eigenvalue weighted by Gasteiger charge is -2.16. The van der Waals surface area contributed by atoms with E-state index in [1.54, 1.807) is 12.1 Å². The molecule has 1 aromatic heterocycles. The van der Waals surface area contributed by atoms with Crippen molar-refractivity contribution in [1.82, 2.24) is 15.0 Å². The van der Waals surface area contributed by atoms with Crippen LogP contribution in [0.2, 0.25) is 0 Å². The summed E-state index contributed by atoms with van der Waals surface area (Å²) in [5.41, 5.74) is 0.670. The van der Waals surface area contributed by atoms with Gasteiger partial charge in [-0.3, -0.25) is 4.79 Å². The molecule has 0 N–H and O–H groups in total. The number of carbonyl (C=O) groups excluding carboxylic acids is 1. The first kappa shape index (κ1) is 16.6. The van der Waals surface area contributed by atoms with Gasteiger partial charge in [-0.15, -0.1) is 0 Å². The van der Waals surface area contributed by atoms with Gasteiger partial charge >= 0.3 is 0 Å². The fraction of sp³-hybridized carbons (Fsp3) is 0.375. The summed E-state index contributed by atoms with van der Waals surface area (Å²) in [6, 6.07) is 7.79. The van der Waals surface area contributed by atoms with Crippen LogP contribution in [0.25, 0.3) is 11.4 Å². The molecule has 120 valence electrons. The molecule has 6 nitrogen and oxygen atoms in total. The van der Waals surface area contributed by atoms with Crippen LogP contribution in [-0.4, -0.2) is 34.0 Å². The number of hydrogen-bond donors (Lipinski definition) is 0. The van der Waals surface area contributed by atoms with Crippen molar-refractivity contribution in [3.05, 3.63) is 36.0 Å². The number of aryl methyl sites for hydroxylation is 1. The molecule has 23 heavy (non-hydrogen) atoms. The number of rotatable bonds is 7. The van der Waals surface area contributed by atoms with E-state index in [-0.39, 0.29) is 18.3 Å². The van der Waals surface area contributed by atoms with Gasteiger partial charge in [0.05, 0.1) is 6.07 Å². The summed E-state index contributed by atoms with van der Waals surface area (Å²) in [7, 11) is 0. The van der Waals surface area contributed by atoms with Crippen LogP contribution in [0.5, 0.6) is 0 Å². The minimum Gasteiger partial charge on any atom is -0.339 e. The van der Waals surface area contributed by atoms with Crippen molar-refractivity contribution in [2.75, 3.05) is 13.1 Å². The van der Waals surface area contributed by atoms with Gasteiger partial charge in [-0.1, -0.05) is 5.16 Å². The number of nitrogens with zero attached hydrogens (tertiary/aromatic N) is 4. The third-order valence-corrected chi connectivity index (χ3v) is 3.35. The number of halogens is 1. The highest BCUT2D eigenvalue weighted by atomic mass is 19.1. The molecule has 0 unspecified atom stereocenters. The van der Waals surface area contributed by atoms with Gasteiger partial charge in [-0.05, 0) is 37.6 Å². The molecule has 0 atom stereocenters. The number of benzene rings is 1. The van der Waals surface area contributed by atoms with Gasteiger partial charge in [-0.25, -0.2) is 4.39 Å². The topological polar surface area (TPSA) is 83.0 Å². The molecule has 0 fully saturated rings. The Morgan fingerprint density at radius 1 is 1.39 bits per heavy atom. The van der Waals surface area contributed by atoms with Crippen LogP contribution in [-0.2, 0) is 11.2 Å². The first-order valence-electron chi connectivity index (χ1n) is 7.37. The monoisotopic (exact) mass is 316 g/mol. The van der Waals surface area contributed by atoms with Gasteiger partial charge < -0.3 is 9.42 Å². The number of aromatic nitrogens is 2. The Morgan fingerprint density at radius 2 is 2.13 bits per heavy atom. The predicted octanol–water partition coefficient (Wildman–Crippen LogP) is 2.57. The summed E-state index contributed by atoms with van der Waals surface area (Å²) < 4.78 is 18.0. The van der Waals surface area contributed by atoms with Gasteiger partial charge in [0, 0.05) is 24.9 Å². The molecule has 0 spiro atoms. The molecule has 2 rings (SSSR count). The third-order valence-electron chi connectivity index (χ3n) is 3.35. The molecule has 0 saturated heterocycles. The molecule has 2 aromatic rings. The second-order valence-corrected chi connectivity index (χ2v) is 4.94. The van der Waals surface area contributed by atoms with E-state index in [1.807, 2.05) is 13.0 Å². The molecule has 0 aliphatic carbocycles. The minimum atomic E-state index is -0.325. The zero-order valence-electron chi connectivity index (χ0n) is 12.8. The minimum absolute atomic E-state index is 0.0627. The summed E-state index contributed by atoms with van der Waals surface area (Å²) in [5.74, 6) is 0.438. The molecule has 0 aliphatic heterocycles. The largest absolute Gasteiger partial charge is 0.339 e. The van der Waals surface area contributed by atoms with Gasteiger partial charge in [0.2, 0.25) is 17.6 Å². The van der Waals surface area contributed by atoms with E-state index in [4.69, 9.17) is 9.78 Å². The van der Waals surface area contributed by atoms with Crippen LogP contribution in [0.1, 0.15) is 25.7 Å². The lowest BCUT2D eigenvalue weighted by molar-refractivity contribution is -0.130. The van der Waals surface area contributed by atoms with E-state index in [9.17, 15) is 9.18 Å². The fourth-order valence-electron chi connectivity index (χ4n) is 2.08. The van der Waals surface area contributed by atoms with E-state index in [1.165, 1.54) is 17.0 Å². The van der Waals surface area contributed by atoms with Gasteiger partial charge in [0.15, 0.2) is 0 Å². The first-order valence-corrected chi connectivity index (χ1v) is 7.37. The van der Waals surface area contributed by atoms with Crippen molar-refractivity contribution in [2.24, 2.45) is 0 Å². The van der Waals surface area contributed by atoms with Crippen LogP contribution in [0.3, 0.4) is 0 Å². The summed E-state index contributed by atoms with van der Waals surface area (Å²) in [6.45, 7) is 2.45. The van der Waals surface area contributed by atoms with Crippen molar-refractivity contribution in [3.8, 4) is 17.5 Å². The highest BCUT2D eigenvalue weighted by Gasteiger charge is 2.13. The Kier molecular flexibility index (Phi) is 5.80. The van der Waals surface area contributed by atoms with Crippen LogP contribution >= 0.6 is 0 Å². The van der Waals surface area contributed by atoms with Gasteiger partial charge in [0.25, 0.3) is 0 Å². The Bertz CT molecular complexity index is 691. The maximum atomic E-state index is 12.9. The van der Waals surface area contributed by atoms with E-state index >= 15 is 0 Å². The van der Waals surface area contributed by atoms with Crippen LogP contribution in [0.4, 0.5) is 4.39 Å². The highest BCUT2D eigenvalue weighted by molar-refractivity contribution is 5.76. The Labute approximate surface area is 133 Å². The van der Waals surface area contributed by atoms with E-state index in [0.717, 1.165) is 0 Å². The zero-order valence-corrected chi connectivity index (χ0v) is 12.8. The standard InChI is InChI=1S/C16H17FN4O2/c1-2-21(11-10-18)15(22)5-3-4-14-19-16(20-23-14)12-6-8-13(17)9-7-12/h6-9H,2-5,11H2,1H3. The lowest BCUT2D eigenvalue weighted by atomic mass is 10.2. The number of amides is 1. The second kappa shape index (κ2) is 8.03. The Hall–Kier alpha value is -2.75. The molecule has 1 amide bonds. The molecule has 0 bridgehead atoms. The van der Waals surface area contributed by atoms with E-state index in [2.05, 4.69) is 10.1 Å². The molecule has 7 heteroatoms. The van der Waals surface area contributed by atoms with E-state index < -0.39 is 0 Å². The van der Waals surface area contributed by atoms with Crippen LogP contribution in [0.15, 0.2) is 28.8 Å². The Balaban J connectivity index is 1.87. The summed E-state index contributed by atoms with van der Waals surface area (Å²) >= 11 is 0. The first-order chi connectivity index (χ1) is 11.1. The summed E-state index contributed by atoms with van der Waals surface area (Å²) in [4.78, 5) is 17.6. The second-order valence-electron chi connectivity index (χ2n) is 4.94. The lowest BCUT2D eigenvalue weighted by Crippen LogP contribution is -2.30. The number of nitriles is 1. The van der Waals surface area contributed by atoms with Gasteiger partial charge in [-0.2, -0.15) is 10.2 Å². The fourth-order valence-corrected chi connectivity index (χ4v) is 2.08. The van der Waals surface area contributed by atoms with Crippen molar-refractivity contribution >= 4 is 5.91 Å². The zero-order chi connectivity index (χ0) is 16.7. The van der Waals surface area contributed by atoms with Crippen LogP contribution < -0.4 is 0 Å².